The fraction of sp³-hybridized carbons (Fsp3) is 0.312. The fourth-order valence-corrected chi connectivity index (χ4v) is 2.20. The van der Waals surface area contributed by atoms with Crippen LogP contribution in [0.3, 0.4) is 0 Å². The highest BCUT2D eigenvalue weighted by Crippen LogP contribution is 2.34. The number of aliphatic hydroxyl groups excluding tert-OH is 1. The maximum Gasteiger partial charge on any atom is 0.336 e. The molecule has 21 heavy (non-hydrogen) atoms. The van der Waals surface area contributed by atoms with E-state index in [1.807, 2.05) is 0 Å². The molecule has 2 rings (SSSR count). The second-order valence-corrected chi connectivity index (χ2v) is 4.83. The van der Waals surface area contributed by atoms with Gasteiger partial charge >= 0.3 is 5.63 Å². The lowest BCUT2D eigenvalue weighted by molar-refractivity contribution is 0.00428. The molecule has 1 aromatic heterocycles. The van der Waals surface area contributed by atoms with E-state index in [4.69, 9.17) is 13.9 Å². The molecule has 0 saturated heterocycles. The Balaban J connectivity index is 2.63. The lowest BCUT2D eigenvalue weighted by Gasteiger charge is -2.24. The van der Waals surface area contributed by atoms with Gasteiger partial charge in [0, 0.05) is 30.2 Å². The van der Waals surface area contributed by atoms with Gasteiger partial charge in [-0.05, 0) is 24.6 Å². The molecule has 0 aliphatic heterocycles. The number of benzene rings is 1. The molecule has 0 spiro atoms. The zero-order valence-corrected chi connectivity index (χ0v) is 12.3. The summed E-state index contributed by atoms with van der Waals surface area (Å²) in [5, 5.41) is 10.9. The van der Waals surface area contributed by atoms with Gasteiger partial charge in [-0.3, -0.25) is 0 Å². The predicted molar refractivity (Wildman–Crippen MR) is 79.6 cm³/mol. The summed E-state index contributed by atoms with van der Waals surface area (Å²) in [6.07, 6.45) is -1.48. The largest absolute Gasteiger partial charge is 0.496 e. The molecule has 0 unspecified atom stereocenters. The predicted octanol–water partition coefficient (Wildman–Crippen LogP) is 2.43. The molecule has 0 aliphatic rings. The second kappa shape index (κ2) is 6.11. The van der Waals surface area contributed by atoms with Gasteiger partial charge in [0.25, 0.3) is 0 Å². The number of ether oxygens (including phenoxy) is 2. The van der Waals surface area contributed by atoms with Gasteiger partial charge < -0.3 is 19.0 Å². The molecular formula is C16H18O5. The molecule has 2 atom stereocenters. The molecule has 0 radical (unpaired) electrons. The van der Waals surface area contributed by atoms with Crippen LogP contribution >= 0.6 is 0 Å². The Labute approximate surface area is 122 Å². The topological polar surface area (TPSA) is 68.9 Å². The van der Waals surface area contributed by atoms with Gasteiger partial charge in [-0.2, -0.15) is 0 Å². The molecule has 1 heterocycles. The third-order valence-electron chi connectivity index (χ3n) is 3.32. The summed E-state index contributed by atoms with van der Waals surface area (Å²) in [4.78, 5) is 11.3. The summed E-state index contributed by atoms with van der Waals surface area (Å²) < 4.78 is 15.8. The molecule has 1 aromatic carbocycles. The number of aliphatic hydroxyl groups is 1. The maximum absolute atomic E-state index is 11.3. The van der Waals surface area contributed by atoms with Crippen molar-refractivity contribution >= 4 is 11.0 Å². The quantitative estimate of drug-likeness (QED) is 0.676. The molecule has 1 N–H and O–H groups in total. The summed E-state index contributed by atoms with van der Waals surface area (Å²) in [5.41, 5.74) is 1.24. The van der Waals surface area contributed by atoms with Crippen LogP contribution < -0.4 is 10.4 Å². The molecule has 0 bridgehead atoms. The first-order chi connectivity index (χ1) is 9.97. The smallest absolute Gasteiger partial charge is 0.336 e. The van der Waals surface area contributed by atoms with E-state index in [-0.39, 0.29) is 0 Å². The van der Waals surface area contributed by atoms with E-state index in [2.05, 4.69) is 6.58 Å². The monoisotopic (exact) mass is 290 g/mol. The van der Waals surface area contributed by atoms with Crippen LogP contribution in [-0.2, 0) is 4.74 Å². The lowest BCUT2D eigenvalue weighted by atomic mass is 9.97. The van der Waals surface area contributed by atoms with E-state index >= 15 is 0 Å². The highest BCUT2D eigenvalue weighted by molar-refractivity contribution is 5.79. The number of hydrogen-bond acceptors (Lipinski definition) is 5. The standard InChI is InChI=1S/C16H18O5/c1-9(2)15(18)16(20-4)11-7-10-5-6-14(17)21-12(10)8-13(11)19-3/h5-8,15-16,18H,1H2,2-4H3/t15-,16+/m1/s1. The Kier molecular flexibility index (Phi) is 4.45. The minimum absolute atomic E-state index is 0.419. The van der Waals surface area contributed by atoms with Gasteiger partial charge in [-0.15, -0.1) is 0 Å². The van der Waals surface area contributed by atoms with Crippen molar-refractivity contribution in [1.29, 1.82) is 0 Å². The Morgan fingerprint density at radius 1 is 1.33 bits per heavy atom. The van der Waals surface area contributed by atoms with Crippen molar-refractivity contribution < 1.29 is 19.0 Å². The third kappa shape index (κ3) is 2.99. The van der Waals surface area contributed by atoms with Crippen LogP contribution in [0.5, 0.6) is 5.75 Å². The van der Waals surface area contributed by atoms with Crippen molar-refractivity contribution in [2.75, 3.05) is 14.2 Å². The molecule has 112 valence electrons. The van der Waals surface area contributed by atoms with Crippen molar-refractivity contribution in [3.8, 4) is 5.75 Å². The van der Waals surface area contributed by atoms with Crippen LogP contribution in [0, 0.1) is 0 Å². The molecule has 5 nitrogen and oxygen atoms in total. The van der Waals surface area contributed by atoms with E-state index in [1.165, 1.54) is 20.3 Å². The minimum Gasteiger partial charge on any atom is -0.496 e. The van der Waals surface area contributed by atoms with Gasteiger partial charge in [0.05, 0.1) is 7.11 Å². The lowest BCUT2D eigenvalue weighted by Crippen LogP contribution is -2.21. The van der Waals surface area contributed by atoms with E-state index in [0.29, 0.717) is 22.5 Å². The van der Waals surface area contributed by atoms with Crippen LogP contribution in [0.1, 0.15) is 18.6 Å². The normalized spacial score (nSPS) is 13.9. The molecule has 0 aliphatic carbocycles. The highest BCUT2D eigenvalue weighted by atomic mass is 16.5. The number of hydrogen-bond donors (Lipinski definition) is 1. The Hall–Kier alpha value is -2.11. The Bertz CT molecular complexity index is 716. The van der Waals surface area contributed by atoms with Crippen LogP contribution in [0.15, 0.2) is 45.6 Å². The van der Waals surface area contributed by atoms with E-state index in [1.54, 1.807) is 25.1 Å². The van der Waals surface area contributed by atoms with Crippen LogP contribution in [-0.4, -0.2) is 25.4 Å². The molecule has 0 saturated carbocycles. The van der Waals surface area contributed by atoms with E-state index in [9.17, 15) is 9.90 Å². The molecule has 5 heteroatoms. The SMILES string of the molecule is C=C(C)[C@@H](O)[C@@H](OC)c1cc2ccc(=O)oc2cc1OC. The fourth-order valence-electron chi connectivity index (χ4n) is 2.20. The molecular weight excluding hydrogens is 272 g/mol. The number of fused-ring (bicyclic) bond motifs is 1. The second-order valence-electron chi connectivity index (χ2n) is 4.83. The van der Waals surface area contributed by atoms with Gasteiger partial charge in [-0.1, -0.05) is 6.58 Å². The van der Waals surface area contributed by atoms with E-state index in [0.717, 1.165) is 5.39 Å². The van der Waals surface area contributed by atoms with Gasteiger partial charge in [0.15, 0.2) is 0 Å². The zero-order valence-electron chi connectivity index (χ0n) is 12.3. The van der Waals surface area contributed by atoms with Crippen LogP contribution in [0.2, 0.25) is 0 Å². The van der Waals surface area contributed by atoms with Crippen LogP contribution in [0.25, 0.3) is 11.0 Å². The first kappa shape index (κ1) is 15.3. The van der Waals surface area contributed by atoms with Crippen molar-refractivity contribution in [2.45, 2.75) is 19.1 Å². The van der Waals surface area contributed by atoms with Crippen molar-refractivity contribution in [2.24, 2.45) is 0 Å². The minimum atomic E-state index is -0.864. The summed E-state index contributed by atoms with van der Waals surface area (Å²) in [7, 11) is 3.01. The first-order valence-electron chi connectivity index (χ1n) is 6.46. The highest BCUT2D eigenvalue weighted by Gasteiger charge is 2.25. The maximum atomic E-state index is 11.3. The molecule has 0 fully saturated rings. The molecule has 0 amide bonds. The van der Waals surface area contributed by atoms with Crippen molar-refractivity contribution in [3.05, 3.63) is 52.4 Å². The van der Waals surface area contributed by atoms with Gasteiger partial charge in [0.2, 0.25) is 0 Å². The van der Waals surface area contributed by atoms with Gasteiger partial charge in [0.1, 0.15) is 23.5 Å². The summed E-state index contributed by atoms with van der Waals surface area (Å²) in [6, 6.07) is 6.39. The van der Waals surface area contributed by atoms with Crippen molar-refractivity contribution in [1.82, 2.24) is 0 Å². The Morgan fingerprint density at radius 2 is 2.05 bits per heavy atom. The first-order valence-corrected chi connectivity index (χ1v) is 6.46. The van der Waals surface area contributed by atoms with E-state index < -0.39 is 17.8 Å². The van der Waals surface area contributed by atoms with Crippen molar-refractivity contribution in [3.63, 3.8) is 0 Å². The van der Waals surface area contributed by atoms with Gasteiger partial charge in [-0.25, -0.2) is 4.79 Å². The summed E-state index contributed by atoms with van der Waals surface area (Å²) in [5.74, 6) is 0.476. The summed E-state index contributed by atoms with van der Waals surface area (Å²) >= 11 is 0. The average molecular weight is 290 g/mol. The number of rotatable bonds is 5. The average Bonchev–Trinajstić information content (AvgIpc) is 2.47. The third-order valence-corrected chi connectivity index (χ3v) is 3.32. The Morgan fingerprint density at radius 3 is 2.62 bits per heavy atom. The number of methoxy groups -OCH3 is 2. The molecule has 2 aromatic rings. The van der Waals surface area contributed by atoms with Crippen LogP contribution in [0.4, 0.5) is 0 Å². The summed E-state index contributed by atoms with van der Waals surface area (Å²) in [6.45, 7) is 5.47. The zero-order chi connectivity index (χ0) is 15.6.